The lowest BCUT2D eigenvalue weighted by molar-refractivity contribution is -0.131. The molecular formula is C14H22N2O4S. The van der Waals surface area contributed by atoms with E-state index in [1.165, 1.54) is 0 Å². The number of hydrogen-bond acceptors (Lipinski definition) is 5. The van der Waals surface area contributed by atoms with Crippen LogP contribution in [0.5, 0.6) is 0 Å². The Morgan fingerprint density at radius 3 is 2.52 bits per heavy atom. The fourth-order valence-corrected chi connectivity index (χ4v) is 4.13. The molecule has 1 amide bonds. The minimum absolute atomic E-state index is 0.278. The van der Waals surface area contributed by atoms with E-state index in [0.717, 1.165) is 6.42 Å². The van der Waals surface area contributed by atoms with Gasteiger partial charge in [-0.1, -0.05) is 19.0 Å². The van der Waals surface area contributed by atoms with Gasteiger partial charge in [-0.25, -0.2) is 8.42 Å². The number of nitrogens with zero attached hydrogens (tertiary/aromatic N) is 2. The van der Waals surface area contributed by atoms with Crippen molar-refractivity contribution in [3.8, 4) is 0 Å². The molecule has 7 heteroatoms. The fourth-order valence-electron chi connectivity index (χ4n) is 2.90. The smallest absolute Gasteiger partial charge is 0.237 e. The molecule has 1 aromatic rings. The maximum Gasteiger partial charge on any atom is 0.237 e. The maximum atomic E-state index is 12.2. The summed E-state index contributed by atoms with van der Waals surface area (Å²) in [6.45, 7) is 7.17. The number of aromatic nitrogens is 1. The number of amides is 1. The van der Waals surface area contributed by atoms with Crippen molar-refractivity contribution in [3.05, 3.63) is 17.5 Å². The lowest BCUT2D eigenvalue weighted by Crippen LogP contribution is -2.45. The molecular weight excluding hydrogens is 292 g/mol. The van der Waals surface area contributed by atoms with Crippen molar-refractivity contribution in [1.29, 1.82) is 0 Å². The molecule has 118 valence electrons. The Bertz CT molecular complexity index is 598. The zero-order chi connectivity index (χ0) is 15.6. The molecule has 2 rings (SSSR count). The second-order valence-corrected chi connectivity index (χ2v) is 8.28. The minimum Gasteiger partial charge on any atom is -0.360 e. The molecule has 0 spiro atoms. The molecule has 1 aliphatic heterocycles. The summed E-state index contributed by atoms with van der Waals surface area (Å²) in [7, 11) is -3.53. The predicted molar refractivity (Wildman–Crippen MR) is 78.3 cm³/mol. The van der Waals surface area contributed by atoms with Gasteiger partial charge in [0.25, 0.3) is 0 Å². The highest BCUT2D eigenvalue weighted by Gasteiger charge is 2.28. The standard InChI is InChI=1S/C14H22N2O4S/c1-10-4-11(2)7-16(6-10)14(17)9-21(18,19)8-13-5-12(3)15-20-13/h5,10-11H,4,6-9H2,1-3H3/t10-,11+. The van der Waals surface area contributed by atoms with Gasteiger partial charge in [-0.2, -0.15) is 0 Å². The average Bonchev–Trinajstić information content (AvgIpc) is 2.71. The molecule has 21 heavy (non-hydrogen) atoms. The third kappa shape index (κ3) is 4.56. The maximum absolute atomic E-state index is 12.2. The molecule has 2 atom stereocenters. The molecule has 1 aliphatic rings. The molecule has 2 heterocycles. The number of likely N-dealkylation sites (tertiary alicyclic amines) is 1. The molecule has 0 N–H and O–H groups in total. The number of sulfone groups is 1. The van der Waals surface area contributed by atoms with Gasteiger partial charge < -0.3 is 9.42 Å². The van der Waals surface area contributed by atoms with Gasteiger partial charge in [0.05, 0.1) is 5.69 Å². The second kappa shape index (κ2) is 6.17. The van der Waals surface area contributed by atoms with Crippen molar-refractivity contribution < 1.29 is 17.7 Å². The van der Waals surface area contributed by atoms with Crippen molar-refractivity contribution in [3.63, 3.8) is 0 Å². The first kappa shape index (κ1) is 16.0. The molecule has 1 saturated heterocycles. The van der Waals surface area contributed by atoms with E-state index in [1.807, 2.05) is 0 Å². The predicted octanol–water partition coefficient (Wildman–Crippen LogP) is 1.40. The first-order valence-electron chi connectivity index (χ1n) is 7.15. The molecule has 0 radical (unpaired) electrons. The Labute approximate surface area is 125 Å². The number of aryl methyl sites for hydroxylation is 1. The summed E-state index contributed by atoms with van der Waals surface area (Å²) < 4.78 is 29.1. The SMILES string of the molecule is Cc1cc(CS(=O)(=O)CC(=O)N2C[C@H](C)C[C@H](C)C2)on1. The number of rotatable bonds is 4. The number of piperidine rings is 1. The Hall–Kier alpha value is -1.37. The van der Waals surface area contributed by atoms with E-state index in [-0.39, 0.29) is 17.4 Å². The third-order valence-electron chi connectivity index (χ3n) is 3.60. The Balaban J connectivity index is 1.97. The number of carbonyl (C=O) groups excluding carboxylic acids is 1. The van der Waals surface area contributed by atoms with Gasteiger partial charge >= 0.3 is 0 Å². The van der Waals surface area contributed by atoms with Gasteiger partial charge in [0, 0.05) is 19.2 Å². The lowest BCUT2D eigenvalue weighted by atomic mass is 9.92. The second-order valence-electron chi connectivity index (χ2n) is 6.21. The van der Waals surface area contributed by atoms with Crippen LogP contribution in [0.25, 0.3) is 0 Å². The largest absolute Gasteiger partial charge is 0.360 e. The van der Waals surface area contributed by atoms with Crippen LogP contribution in [-0.2, 0) is 20.4 Å². The highest BCUT2D eigenvalue weighted by atomic mass is 32.2. The highest BCUT2D eigenvalue weighted by molar-refractivity contribution is 7.91. The number of hydrogen-bond donors (Lipinski definition) is 0. The summed E-state index contributed by atoms with van der Waals surface area (Å²) in [5, 5.41) is 3.65. The van der Waals surface area contributed by atoms with Crippen molar-refractivity contribution >= 4 is 15.7 Å². The zero-order valence-electron chi connectivity index (χ0n) is 12.7. The van der Waals surface area contributed by atoms with Gasteiger partial charge in [-0.3, -0.25) is 4.79 Å². The fraction of sp³-hybridized carbons (Fsp3) is 0.714. The van der Waals surface area contributed by atoms with E-state index >= 15 is 0 Å². The van der Waals surface area contributed by atoms with Crippen LogP contribution in [0.4, 0.5) is 0 Å². The quantitative estimate of drug-likeness (QED) is 0.839. The zero-order valence-corrected chi connectivity index (χ0v) is 13.5. The van der Waals surface area contributed by atoms with E-state index in [9.17, 15) is 13.2 Å². The minimum atomic E-state index is -3.53. The van der Waals surface area contributed by atoms with Crippen molar-refractivity contribution in [1.82, 2.24) is 10.1 Å². The van der Waals surface area contributed by atoms with Crippen molar-refractivity contribution in [2.45, 2.75) is 32.9 Å². The first-order valence-corrected chi connectivity index (χ1v) is 8.97. The van der Waals surface area contributed by atoms with Crippen LogP contribution >= 0.6 is 0 Å². The first-order chi connectivity index (χ1) is 9.75. The van der Waals surface area contributed by atoms with Crippen LogP contribution in [0, 0.1) is 18.8 Å². The summed E-state index contributed by atoms with van der Waals surface area (Å²) in [5.41, 5.74) is 0.630. The molecule has 6 nitrogen and oxygen atoms in total. The summed E-state index contributed by atoms with van der Waals surface area (Å²) in [6, 6.07) is 1.58. The van der Waals surface area contributed by atoms with Crippen LogP contribution < -0.4 is 0 Å². The van der Waals surface area contributed by atoms with E-state index < -0.39 is 15.6 Å². The van der Waals surface area contributed by atoms with E-state index in [2.05, 4.69) is 19.0 Å². The number of carbonyl (C=O) groups is 1. The van der Waals surface area contributed by atoms with E-state index in [1.54, 1.807) is 17.9 Å². The summed E-state index contributed by atoms with van der Waals surface area (Å²) in [4.78, 5) is 13.9. The summed E-state index contributed by atoms with van der Waals surface area (Å²) >= 11 is 0. The lowest BCUT2D eigenvalue weighted by Gasteiger charge is -2.34. The molecule has 0 unspecified atom stereocenters. The normalized spacial score (nSPS) is 23.3. The molecule has 0 bridgehead atoms. The van der Waals surface area contributed by atoms with Crippen LogP contribution in [0.1, 0.15) is 31.7 Å². The van der Waals surface area contributed by atoms with Crippen LogP contribution in [0.3, 0.4) is 0 Å². The van der Waals surface area contributed by atoms with Crippen LogP contribution in [0.15, 0.2) is 10.6 Å². The van der Waals surface area contributed by atoms with Gasteiger partial charge in [0.2, 0.25) is 5.91 Å². The van der Waals surface area contributed by atoms with Crippen molar-refractivity contribution in [2.75, 3.05) is 18.8 Å². The Kier molecular flexibility index (Phi) is 4.70. The Morgan fingerprint density at radius 1 is 1.38 bits per heavy atom. The highest BCUT2D eigenvalue weighted by Crippen LogP contribution is 2.21. The molecule has 1 aromatic heterocycles. The van der Waals surface area contributed by atoms with Gasteiger partial charge in [0.15, 0.2) is 15.6 Å². The van der Waals surface area contributed by atoms with E-state index in [4.69, 9.17) is 4.52 Å². The van der Waals surface area contributed by atoms with Crippen LogP contribution in [0.2, 0.25) is 0 Å². The summed E-state index contributed by atoms with van der Waals surface area (Å²) in [5.74, 6) is 0.0463. The topological polar surface area (TPSA) is 80.5 Å². The molecule has 1 fully saturated rings. The molecule has 0 saturated carbocycles. The summed E-state index contributed by atoms with van der Waals surface area (Å²) in [6.07, 6.45) is 1.08. The molecule has 0 aliphatic carbocycles. The van der Waals surface area contributed by atoms with Crippen molar-refractivity contribution in [2.24, 2.45) is 11.8 Å². The third-order valence-corrected chi connectivity index (χ3v) is 5.02. The molecule has 0 aromatic carbocycles. The van der Waals surface area contributed by atoms with Gasteiger partial charge in [-0.05, 0) is 25.2 Å². The van der Waals surface area contributed by atoms with Gasteiger partial charge in [-0.15, -0.1) is 0 Å². The van der Waals surface area contributed by atoms with E-state index in [0.29, 0.717) is 30.6 Å². The average molecular weight is 314 g/mol. The Morgan fingerprint density at radius 2 is 2.00 bits per heavy atom. The van der Waals surface area contributed by atoms with Crippen LogP contribution in [-0.4, -0.2) is 43.2 Å². The monoisotopic (exact) mass is 314 g/mol. The van der Waals surface area contributed by atoms with Gasteiger partial charge in [0.1, 0.15) is 11.5 Å².